The van der Waals surface area contributed by atoms with E-state index in [9.17, 15) is 5.11 Å². The third-order valence-corrected chi connectivity index (χ3v) is 6.92. The molecule has 4 atom stereocenters. The number of fused-ring (bicyclic) bond motifs is 3. The van der Waals surface area contributed by atoms with E-state index < -0.39 is 11.7 Å². The number of aromatic nitrogens is 4. The summed E-state index contributed by atoms with van der Waals surface area (Å²) in [5, 5.41) is 22.6. The Morgan fingerprint density at radius 1 is 1.26 bits per heavy atom. The van der Waals surface area contributed by atoms with Crippen molar-refractivity contribution in [3.05, 3.63) is 48.5 Å². The fraction of sp³-hybridized carbons (Fsp3) is 0.435. The van der Waals surface area contributed by atoms with E-state index in [2.05, 4.69) is 20.5 Å². The molecule has 3 fully saturated rings. The summed E-state index contributed by atoms with van der Waals surface area (Å²) in [6, 6.07) is 8.85. The highest BCUT2D eigenvalue weighted by Gasteiger charge is 2.53. The number of phenolic OH excluding ortho intramolecular Hbond substituents is 1. The molecule has 0 unspecified atom stereocenters. The number of halogens is 1. The van der Waals surface area contributed by atoms with Gasteiger partial charge in [0.2, 0.25) is 0 Å². The van der Waals surface area contributed by atoms with Gasteiger partial charge < -0.3 is 19.9 Å². The minimum atomic E-state index is -0.963. The summed E-state index contributed by atoms with van der Waals surface area (Å²) in [5.41, 5.74) is 2.41. The summed E-state index contributed by atoms with van der Waals surface area (Å²) in [4.78, 5) is 6.14. The normalized spacial score (nSPS) is 27.4. The maximum Gasteiger partial charge on any atom is 0.151 e. The van der Waals surface area contributed by atoms with Crippen LogP contribution in [0.1, 0.15) is 25.5 Å². The average Bonchev–Trinajstić information content (AvgIpc) is 3.21. The molecule has 2 saturated heterocycles. The highest BCUT2D eigenvalue weighted by atomic mass is 19.1. The monoisotopic (exact) mass is 422 g/mol. The number of aromatic hydroxyl groups is 1. The molecular weight excluding hydrogens is 395 g/mol. The number of rotatable bonds is 4. The number of nitrogens with zero attached hydrogens (tertiary/aromatic N) is 5. The number of hydrogen-bond donors (Lipinski definition) is 2. The molecule has 4 heterocycles. The lowest BCUT2D eigenvalue weighted by molar-refractivity contribution is 0.0102. The molecular formula is C23H27FN6O. The van der Waals surface area contributed by atoms with Gasteiger partial charge >= 0.3 is 0 Å². The molecule has 6 rings (SSSR count). The van der Waals surface area contributed by atoms with Gasteiger partial charge in [-0.2, -0.15) is 0 Å². The highest BCUT2D eigenvalue weighted by Crippen LogP contribution is 2.42. The molecule has 1 aromatic carbocycles. The lowest BCUT2D eigenvalue weighted by atomic mass is 9.68. The van der Waals surface area contributed by atoms with Crippen LogP contribution in [0.2, 0.25) is 0 Å². The Hall–Kier alpha value is -3.00. The van der Waals surface area contributed by atoms with Gasteiger partial charge in [0.25, 0.3) is 0 Å². The first-order valence-corrected chi connectivity index (χ1v) is 10.7. The molecule has 31 heavy (non-hydrogen) atoms. The van der Waals surface area contributed by atoms with Gasteiger partial charge in [-0.3, -0.25) is 0 Å². The molecule has 2 aromatic heterocycles. The van der Waals surface area contributed by atoms with Gasteiger partial charge in [0.15, 0.2) is 5.82 Å². The zero-order chi connectivity index (χ0) is 21.8. The maximum atomic E-state index is 15.2. The van der Waals surface area contributed by atoms with Crippen molar-refractivity contribution in [3.8, 4) is 22.7 Å². The largest absolute Gasteiger partial charge is 0.507 e. The molecule has 2 N–H and O–H groups in total. The number of alkyl halides is 1. The predicted octanol–water partition coefficient (Wildman–Crippen LogP) is 3.26. The predicted molar refractivity (Wildman–Crippen MR) is 117 cm³/mol. The second kappa shape index (κ2) is 7.30. The summed E-state index contributed by atoms with van der Waals surface area (Å²) in [6.07, 6.45) is 4.52. The number of anilines is 1. The Morgan fingerprint density at radius 2 is 2.10 bits per heavy atom. The quantitative estimate of drug-likeness (QED) is 0.672. The zero-order valence-electron chi connectivity index (χ0n) is 18.0. The van der Waals surface area contributed by atoms with E-state index in [1.54, 1.807) is 12.4 Å². The van der Waals surface area contributed by atoms with Crippen molar-refractivity contribution in [2.75, 3.05) is 18.5 Å². The van der Waals surface area contributed by atoms with E-state index in [-0.39, 0.29) is 17.7 Å². The summed E-state index contributed by atoms with van der Waals surface area (Å²) >= 11 is 0. The molecule has 3 aromatic rings. The standard InChI is InChI=1S/C23H27FN6O/c1-14-12-30(13-25-14)16-4-5-17(19(31)10-16)18-6-7-20(28-27-18)29(3)21-15-8-9-23(2,22(21)24)26-11-15/h4-7,10,12-13,15,21-22,26,31H,8-9,11H2,1-3H3/t15-,21-,22-,23-/m0/s1. The van der Waals surface area contributed by atoms with Crippen LogP contribution < -0.4 is 10.2 Å². The number of imidazole rings is 1. The fourth-order valence-corrected chi connectivity index (χ4v) is 4.96. The Bertz CT molecular complexity index is 1090. The summed E-state index contributed by atoms with van der Waals surface area (Å²) in [6.45, 7) is 4.72. The molecule has 0 radical (unpaired) electrons. The highest BCUT2D eigenvalue weighted by molar-refractivity contribution is 5.69. The Balaban J connectivity index is 1.38. The van der Waals surface area contributed by atoms with Crippen LogP contribution in [0.15, 0.2) is 42.9 Å². The number of phenols is 1. The minimum Gasteiger partial charge on any atom is -0.507 e. The molecule has 0 amide bonds. The second-order valence-corrected chi connectivity index (χ2v) is 9.00. The van der Waals surface area contributed by atoms with Crippen molar-refractivity contribution in [3.63, 3.8) is 0 Å². The van der Waals surface area contributed by atoms with Gasteiger partial charge in [0, 0.05) is 37.0 Å². The third kappa shape index (κ3) is 3.35. The van der Waals surface area contributed by atoms with Crippen molar-refractivity contribution in [2.24, 2.45) is 5.92 Å². The van der Waals surface area contributed by atoms with E-state index in [0.29, 0.717) is 17.1 Å². The van der Waals surface area contributed by atoms with Crippen LogP contribution >= 0.6 is 0 Å². The summed E-state index contributed by atoms with van der Waals surface area (Å²) < 4.78 is 17.1. The third-order valence-electron chi connectivity index (χ3n) is 6.92. The van der Waals surface area contributed by atoms with Crippen LogP contribution in [0.4, 0.5) is 10.2 Å². The smallest absolute Gasteiger partial charge is 0.151 e. The molecule has 7 nitrogen and oxygen atoms in total. The van der Waals surface area contributed by atoms with E-state index in [1.165, 1.54) is 0 Å². The summed E-state index contributed by atoms with van der Waals surface area (Å²) in [5.74, 6) is 1.01. The summed E-state index contributed by atoms with van der Waals surface area (Å²) in [7, 11) is 1.89. The lowest BCUT2D eigenvalue weighted by Crippen LogP contribution is -2.70. The number of benzene rings is 1. The topological polar surface area (TPSA) is 79.1 Å². The van der Waals surface area contributed by atoms with Crippen LogP contribution in [0.5, 0.6) is 5.75 Å². The first-order chi connectivity index (χ1) is 14.9. The van der Waals surface area contributed by atoms with Gasteiger partial charge in [0.05, 0.1) is 29.4 Å². The number of aryl methyl sites for hydroxylation is 1. The first-order valence-electron chi connectivity index (χ1n) is 10.7. The molecule has 0 spiro atoms. The van der Waals surface area contributed by atoms with Gasteiger partial charge in [-0.05, 0) is 56.9 Å². The van der Waals surface area contributed by atoms with Crippen LogP contribution in [0.3, 0.4) is 0 Å². The van der Waals surface area contributed by atoms with Crippen molar-refractivity contribution < 1.29 is 9.50 Å². The lowest BCUT2D eigenvalue weighted by Gasteiger charge is -2.54. The van der Waals surface area contributed by atoms with Gasteiger partial charge in [-0.1, -0.05) is 0 Å². The molecule has 1 aliphatic carbocycles. The Labute approximate surface area is 180 Å². The van der Waals surface area contributed by atoms with Crippen molar-refractivity contribution >= 4 is 5.82 Å². The Kier molecular flexibility index (Phi) is 4.69. The fourth-order valence-electron chi connectivity index (χ4n) is 4.96. The minimum absolute atomic E-state index is 0.117. The van der Waals surface area contributed by atoms with Gasteiger partial charge in [-0.15, -0.1) is 10.2 Å². The van der Waals surface area contributed by atoms with E-state index in [1.807, 2.05) is 60.8 Å². The van der Waals surface area contributed by atoms with Crippen molar-refractivity contribution in [1.82, 2.24) is 25.1 Å². The van der Waals surface area contributed by atoms with Crippen LogP contribution in [-0.2, 0) is 0 Å². The van der Waals surface area contributed by atoms with Gasteiger partial charge in [0.1, 0.15) is 11.9 Å². The van der Waals surface area contributed by atoms with E-state index >= 15 is 4.39 Å². The van der Waals surface area contributed by atoms with Crippen LogP contribution in [0.25, 0.3) is 16.9 Å². The van der Waals surface area contributed by atoms with Crippen molar-refractivity contribution in [2.45, 2.75) is 44.4 Å². The van der Waals surface area contributed by atoms with Crippen molar-refractivity contribution in [1.29, 1.82) is 0 Å². The molecule has 162 valence electrons. The zero-order valence-corrected chi connectivity index (χ0v) is 18.0. The first kappa shape index (κ1) is 19.9. The number of nitrogens with one attached hydrogen (secondary N) is 1. The van der Waals surface area contributed by atoms with Crippen LogP contribution in [0, 0.1) is 12.8 Å². The molecule has 2 bridgehead atoms. The van der Waals surface area contributed by atoms with Gasteiger partial charge in [-0.25, -0.2) is 9.37 Å². The van der Waals surface area contributed by atoms with E-state index in [0.717, 1.165) is 30.8 Å². The number of hydrogen-bond acceptors (Lipinski definition) is 6. The Morgan fingerprint density at radius 3 is 2.71 bits per heavy atom. The second-order valence-electron chi connectivity index (χ2n) is 9.00. The van der Waals surface area contributed by atoms with E-state index in [4.69, 9.17) is 0 Å². The maximum absolute atomic E-state index is 15.2. The average molecular weight is 423 g/mol. The molecule has 3 aliphatic rings. The number of piperidine rings is 2. The van der Waals surface area contributed by atoms with Crippen LogP contribution in [-0.4, -0.2) is 56.2 Å². The SMILES string of the molecule is Cc1cn(-c2ccc(-c3ccc(N(C)[C@H]4[C@H]5CC[C@](C)(NC5)[C@H]4F)nn3)c(O)c2)cn1. The molecule has 8 heteroatoms. The molecule has 1 saturated carbocycles. The molecule has 2 aliphatic heterocycles.